The van der Waals surface area contributed by atoms with Crippen LogP contribution in [0.25, 0.3) is 0 Å². The summed E-state index contributed by atoms with van der Waals surface area (Å²) in [4.78, 5) is 2.58. The Morgan fingerprint density at radius 2 is 1.88 bits per heavy atom. The topological polar surface area (TPSA) is 3.24 Å². The molecule has 16 heavy (non-hydrogen) atoms. The molecule has 0 aliphatic carbocycles. The van der Waals surface area contributed by atoms with Gasteiger partial charge in [-0.15, -0.1) is 0 Å². The van der Waals surface area contributed by atoms with Gasteiger partial charge in [0, 0.05) is 17.1 Å². The molecule has 1 nitrogen and oxygen atoms in total. The highest BCUT2D eigenvalue weighted by Crippen LogP contribution is 2.42. The highest BCUT2D eigenvalue weighted by Gasteiger charge is 2.38. The molecule has 0 amide bonds. The van der Waals surface area contributed by atoms with Crippen molar-refractivity contribution in [1.82, 2.24) is 4.90 Å². The zero-order valence-corrected chi connectivity index (χ0v) is 10.5. The van der Waals surface area contributed by atoms with Crippen molar-refractivity contribution in [1.29, 1.82) is 0 Å². The Labute approximate surface area is 102 Å². The fourth-order valence-corrected chi connectivity index (χ4v) is 3.64. The van der Waals surface area contributed by atoms with Crippen LogP contribution in [0.2, 0.25) is 5.02 Å². The first-order chi connectivity index (χ1) is 7.74. The number of piperidine rings is 1. The number of nitrogens with zero attached hydrogens (tertiary/aromatic N) is 1. The van der Waals surface area contributed by atoms with Crippen LogP contribution in [0, 0.1) is 0 Å². The van der Waals surface area contributed by atoms with Crippen LogP contribution in [0.1, 0.15) is 37.2 Å². The summed E-state index contributed by atoms with van der Waals surface area (Å²) in [5.74, 6) is 0.729. The van der Waals surface area contributed by atoms with Crippen molar-refractivity contribution in [3.05, 3.63) is 34.9 Å². The third kappa shape index (κ3) is 1.76. The van der Waals surface area contributed by atoms with Crippen LogP contribution in [-0.2, 0) is 0 Å². The molecule has 2 heterocycles. The molecule has 0 N–H and O–H groups in total. The second-order valence-corrected chi connectivity index (χ2v) is 5.71. The molecule has 0 saturated carbocycles. The van der Waals surface area contributed by atoms with Gasteiger partial charge in [-0.05, 0) is 56.3 Å². The van der Waals surface area contributed by atoms with Gasteiger partial charge in [0.15, 0.2) is 0 Å². The highest BCUT2D eigenvalue weighted by molar-refractivity contribution is 6.30. The average Bonchev–Trinajstić information content (AvgIpc) is 2.53. The van der Waals surface area contributed by atoms with E-state index in [4.69, 9.17) is 11.6 Å². The van der Waals surface area contributed by atoms with Crippen molar-refractivity contribution in [2.75, 3.05) is 7.05 Å². The number of rotatable bonds is 1. The van der Waals surface area contributed by atoms with Gasteiger partial charge in [-0.2, -0.15) is 0 Å². The summed E-state index contributed by atoms with van der Waals surface area (Å²) in [6, 6.07) is 10.1. The number of benzene rings is 1. The van der Waals surface area contributed by atoms with Gasteiger partial charge < -0.3 is 4.90 Å². The molecule has 2 bridgehead atoms. The largest absolute Gasteiger partial charge is 0.300 e. The molecule has 2 fully saturated rings. The van der Waals surface area contributed by atoms with Crippen LogP contribution >= 0.6 is 11.6 Å². The number of hydrogen-bond acceptors (Lipinski definition) is 1. The van der Waals surface area contributed by atoms with E-state index in [1.54, 1.807) is 0 Å². The molecule has 86 valence electrons. The first kappa shape index (κ1) is 10.6. The Balaban J connectivity index is 1.83. The monoisotopic (exact) mass is 235 g/mol. The number of fused-ring (bicyclic) bond motifs is 2. The molecule has 2 heteroatoms. The lowest BCUT2D eigenvalue weighted by Crippen LogP contribution is -2.39. The Morgan fingerprint density at radius 3 is 2.50 bits per heavy atom. The SMILES string of the molecule is CN1C2CCC1CC(c1cccc(Cl)c1)C2. The van der Waals surface area contributed by atoms with Crippen LogP contribution < -0.4 is 0 Å². The lowest BCUT2D eigenvalue weighted by Gasteiger charge is -2.36. The van der Waals surface area contributed by atoms with E-state index in [0.29, 0.717) is 0 Å². The molecule has 2 aliphatic rings. The second-order valence-electron chi connectivity index (χ2n) is 5.27. The van der Waals surface area contributed by atoms with E-state index in [2.05, 4.69) is 30.1 Å². The van der Waals surface area contributed by atoms with Gasteiger partial charge in [0.2, 0.25) is 0 Å². The highest BCUT2D eigenvalue weighted by atomic mass is 35.5. The second kappa shape index (κ2) is 4.05. The Kier molecular flexibility index (Phi) is 2.68. The van der Waals surface area contributed by atoms with Crippen LogP contribution in [0.15, 0.2) is 24.3 Å². The number of halogens is 1. The van der Waals surface area contributed by atoms with Gasteiger partial charge in [-0.25, -0.2) is 0 Å². The zero-order valence-electron chi connectivity index (χ0n) is 9.70. The lowest BCUT2D eigenvalue weighted by molar-refractivity contribution is 0.161. The average molecular weight is 236 g/mol. The van der Waals surface area contributed by atoms with E-state index in [1.807, 2.05) is 6.07 Å². The molecule has 2 aliphatic heterocycles. The first-order valence-electron chi connectivity index (χ1n) is 6.21. The van der Waals surface area contributed by atoms with Crippen molar-refractivity contribution in [2.24, 2.45) is 0 Å². The normalized spacial score (nSPS) is 34.2. The quantitative estimate of drug-likeness (QED) is 0.718. The van der Waals surface area contributed by atoms with Crippen LogP contribution in [-0.4, -0.2) is 24.0 Å². The third-order valence-electron chi connectivity index (χ3n) is 4.42. The first-order valence-corrected chi connectivity index (χ1v) is 6.59. The summed E-state index contributed by atoms with van der Waals surface area (Å²) in [6.45, 7) is 0. The van der Waals surface area contributed by atoms with Crippen LogP contribution in [0.4, 0.5) is 0 Å². The molecule has 2 atom stereocenters. The minimum absolute atomic E-state index is 0.729. The van der Waals surface area contributed by atoms with E-state index in [0.717, 1.165) is 23.0 Å². The summed E-state index contributed by atoms with van der Waals surface area (Å²) in [5.41, 5.74) is 1.44. The van der Waals surface area contributed by atoms with E-state index in [9.17, 15) is 0 Å². The summed E-state index contributed by atoms with van der Waals surface area (Å²) in [7, 11) is 2.29. The van der Waals surface area contributed by atoms with Crippen molar-refractivity contribution < 1.29 is 0 Å². The summed E-state index contributed by atoms with van der Waals surface area (Å²) < 4.78 is 0. The van der Waals surface area contributed by atoms with E-state index in [1.165, 1.54) is 31.2 Å². The molecule has 0 radical (unpaired) electrons. The van der Waals surface area contributed by atoms with Gasteiger partial charge in [-0.1, -0.05) is 23.7 Å². The van der Waals surface area contributed by atoms with Gasteiger partial charge in [0.05, 0.1) is 0 Å². The maximum Gasteiger partial charge on any atom is 0.0408 e. The fraction of sp³-hybridized carbons (Fsp3) is 0.571. The van der Waals surface area contributed by atoms with E-state index >= 15 is 0 Å². The van der Waals surface area contributed by atoms with Crippen LogP contribution in [0.5, 0.6) is 0 Å². The number of hydrogen-bond donors (Lipinski definition) is 0. The van der Waals surface area contributed by atoms with Crippen LogP contribution in [0.3, 0.4) is 0 Å². The Hall–Kier alpha value is -0.530. The molecular formula is C14H18ClN. The maximum atomic E-state index is 6.07. The van der Waals surface area contributed by atoms with Crippen molar-refractivity contribution in [2.45, 2.75) is 43.7 Å². The van der Waals surface area contributed by atoms with Crippen molar-refractivity contribution in [3.8, 4) is 0 Å². The predicted molar refractivity (Wildman–Crippen MR) is 68.0 cm³/mol. The standard InChI is InChI=1S/C14H18ClN/c1-16-13-5-6-14(16)9-11(8-13)10-3-2-4-12(15)7-10/h2-4,7,11,13-14H,5-6,8-9H2,1H3. The molecular weight excluding hydrogens is 218 g/mol. The smallest absolute Gasteiger partial charge is 0.0408 e. The molecule has 3 rings (SSSR count). The summed E-state index contributed by atoms with van der Waals surface area (Å²) in [5, 5.41) is 0.878. The molecule has 1 aromatic rings. The van der Waals surface area contributed by atoms with Gasteiger partial charge in [-0.3, -0.25) is 0 Å². The van der Waals surface area contributed by atoms with Gasteiger partial charge in [0.25, 0.3) is 0 Å². The lowest BCUT2D eigenvalue weighted by atomic mass is 9.85. The van der Waals surface area contributed by atoms with E-state index in [-0.39, 0.29) is 0 Å². The summed E-state index contributed by atoms with van der Waals surface area (Å²) >= 11 is 6.07. The van der Waals surface area contributed by atoms with Crippen molar-refractivity contribution >= 4 is 11.6 Å². The maximum absolute atomic E-state index is 6.07. The predicted octanol–water partition coefficient (Wildman–Crippen LogP) is 3.68. The molecule has 2 unspecified atom stereocenters. The third-order valence-corrected chi connectivity index (χ3v) is 4.65. The van der Waals surface area contributed by atoms with Gasteiger partial charge in [0.1, 0.15) is 0 Å². The molecule has 2 saturated heterocycles. The summed E-state index contributed by atoms with van der Waals surface area (Å²) in [6.07, 6.45) is 5.40. The Morgan fingerprint density at radius 1 is 1.19 bits per heavy atom. The minimum atomic E-state index is 0.729. The minimum Gasteiger partial charge on any atom is -0.300 e. The van der Waals surface area contributed by atoms with Gasteiger partial charge >= 0.3 is 0 Å². The molecule has 0 aromatic heterocycles. The van der Waals surface area contributed by atoms with E-state index < -0.39 is 0 Å². The molecule has 1 aromatic carbocycles. The zero-order chi connectivity index (χ0) is 11.1. The molecule has 0 spiro atoms. The Bertz CT molecular complexity index is 376. The fourth-order valence-electron chi connectivity index (χ4n) is 3.44. The van der Waals surface area contributed by atoms with Crippen molar-refractivity contribution in [3.63, 3.8) is 0 Å².